The lowest BCUT2D eigenvalue weighted by atomic mass is 10.1. The Hall–Kier alpha value is -0.980. The van der Waals surface area contributed by atoms with Crippen LogP contribution in [0.5, 0.6) is 0 Å². The van der Waals surface area contributed by atoms with Crippen molar-refractivity contribution >= 4 is 10.0 Å². The molecule has 1 saturated carbocycles. The van der Waals surface area contributed by atoms with Crippen LogP contribution in [-0.2, 0) is 16.6 Å². The van der Waals surface area contributed by atoms with E-state index in [4.69, 9.17) is 5.73 Å². The van der Waals surface area contributed by atoms with E-state index in [1.54, 1.807) is 12.1 Å². The van der Waals surface area contributed by atoms with E-state index in [0.29, 0.717) is 18.2 Å². The molecule has 0 radical (unpaired) electrons. The molecular formula is C13H21N3O2S. The third kappa shape index (κ3) is 3.99. The third-order valence-electron chi connectivity index (χ3n) is 3.45. The number of nitrogens with two attached hydrogens (primary N) is 1. The molecule has 1 unspecified atom stereocenters. The first-order valence-electron chi connectivity index (χ1n) is 6.72. The van der Waals surface area contributed by atoms with E-state index in [1.165, 1.54) is 19.0 Å². The van der Waals surface area contributed by atoms with Crippen LogP contribution in [-0.4, -0.2) is 19.4 Å². The van der Waals surface area contributed by atoms with E-state index in [9.17, 15) is 8.42 Å². The molecule has 19 heavy (non-hydrogen) atoms. The molecule has 0 spiro atoms. The molecule has 106 valence electrons. The molecule has 1 atom stereocenters. The zero-order valence-corrected chi connectivity index (χ0v) is 12.0. The molecule has 0 aliphatic heterocycles. The summed E-state index contributed by atoms with van der Waals surface area (Å²) >= 11 is 0. The molecule has 0 saturated heterocycles. The molecule has 3 N–H and O–H groups in total. The van der Waals surface area contributed by atoms with Crippen LogP contribution in [0.1, 0.15) is 38.3 Å². The number of nitrogens with one attached hydrogen (secondary N) is 1. The van der Waals surface area contributed by atoms with Gasteiger partial charge in [0, 0.05) is 18.8 Å². The number of hydrogen-bond acceptors (Lipinski definition) is 4. The zero-order valence-electron chi connectivity index (χ0n) is 11.2. The van der Waals surface area contributed by atoms with Gasteiger partial charge in [-0.15, -0.1) is 0 Å². The van der Waals surface area contributed by atoms with E-state index in [-0.39, 0.29) is 10.9 Å². The van der Waals surface area contributed by atoms with E-state index >= 15 is 0 Å². The first-order valence-corrected chi connectivity index (χ1v) is 8.20. The van der Waals surface area contributed by atoms with Crippen molar-refractivity contribution in [3.63, 3.8) is 0 Å². The van der Waals surface area contributed by atoms with Crippen LogP contribution in [0.4, 0.5) is 0 Å². The Kier molecular flexibility index (Phi) is 4.54. The smallest absolute Gasteiger partial charge is 0.242 e. The Morgan fingerprint density at radius 1 is 1.47 bits per heavy atom. The quantitative estimate of drug-likeness (QED) is 0.792. The summed E-state index contributed by atoms with van der Waals surface area (Å²) in [6.45, 7) is 2.32. The lowest BCUT2D eigenvalue weighted by molar-refractivity contribution is 0.495. The molecule has 0 aromatic carbocycles. The lowest BCUT2D eigenvalue weighted by Gasteiger charge is -2.16. The second kappa shape index (κ2) is 5.98. The highest BCUT2D eigenvalue weighted by Gasteiger charge is 2.27. The number of sulfonamides is 1. The summed E-state index contributed by atoms with van der Waals surface area (Å²) in [6, 6.07) is 3.23. The van der Waals surface area contributed by atoms with Crippen molar-refractivity contribution in [1.29, 1.82) is 0 Å². The molecule has 1 heterocycles. The summed E-state index contributed by atoms with van der Waals surface area (Å²) in [4.78, 5) is 4.23. The molecule has 0 amide bonds. The summed E-state index contributed by atoms with van der Waals surface area (Å²) in [5, 5.41) is 0. The fourth-order valence-electron chi connectivity index (χ4n) is 2.03. The Morgan fingerprint density at radius 3 is 2.68 bits per heavy atom. The topological polar surface area (TPSA) is 85.1 Å². The molecule has 6 heteroatoms. The minimum Gasteiger partial charge on any atom is -0.325 e. The molecule has 1 aromatic rings. The monoisotopic (exact) mass is 283 g/mol. The molecule has 5 nitrogen and oxygen atoms in total. The van der Waals surface area contributed by atoms with Gasteiger partial charge in [0.1, 0.15) is 4.90 Å². The average Bonchev–Trinajstić information content (AvgIpc) is 3.21. The first-order chi connectivity index (χ1) is 9.05. The van der Waals surface area contributed by atoms with Gasteiger partial charge in [-0.25, -0.2) is 13.1 Å². The normalized spacial score (nSPS) is 17.4. The van der Waals surface area contributed by atoms with E-state index in [1.807, 2.05) is 6.92 Å². The second-order valence-electron chi connectivity index (χ2n) is 5.09. The average molecular weight is 283 g/mol. The Bertz CT molecular complexity index is 509. The Labute approximate surface area is 114 Å². The third-order valence-corrected chi connectivity index (χ3v) is 4.95. The van der Waals surface area contributed by atoms with Gasteiger partial charge < -0.3 is 5.73 Å². The van der Waals surface area contributed by atoms with Crippen molar-refractivity contribution in [3.05, 3.63) is 24.0 Å². The van der Waals surface area contributed by atoms with Gasteiger partial charge in [-0.05, 0) is 30.9 Å². The molecule has 1 aliphatic rings. The van der Waals surface area contributed by atoms with Gasteiger partial charge in [0.05, 0.1) is 5.69 Å². The van der Waals surface area contributed by atoms with Gasteiger partial charge in [-0.3, -0.25) is 4.98 Å². The highest BCUT2D eigenvalue weighted by atomic mass is 32.2. The predicted molar refractivity (Wildman–Crippen MR) is 73.9 cm³/mol. The minimum atomic E-state index is -3.47. The van der Waals surface area contributed by atoms with Gasteiger partial charge in [-0.2, -0.15) is 0 Å². The molecule has 1 aliphatic carbocycles. The van der Waals surface area contributed by atoms with Crippen LogP contribution in [0, 0.1) is 5.92 Å². The van der Waals surface area contributed by atoms with Crippen molar-refractivity contribution in [3.8, 4) is 0 Å². The molecule has 2 rings (SSSR count). The van der Waals surface area contributed by atoms with Crippen molar-refractivity contribution < 1.29 is 8.42 Å². The number of pyridine rings is 1. The van der Waals surface area contributed by atoms with Crippen molar-refractivity contribution in [2.45, 2.75) is 50.1 Å². The summed E-state index contributed by atoms with van der Waals surface area (Å²) in [6.07, 6.45) is 5.57. The van der Waals surface area contributed by atoms with Gasteiger partial charge >= 0.3 is 0 Å². The molecular weight excluding hydrogens is 262 g/mol. The predicted octanol–water partition coefficient (Wildman–Crippen LogP) is 1.40. The highest BCUT2D eigenvalue weighted by Crippen LogP contribution is 2.34. The van der Waals surface area contributed by atoms with E-state index in [2.05, 4.69) is 9.71 Å². The standard InChI is InChI=1S/C13H21N3O2S/c1-2-11(7-10-3-4-10)16-19(17,18)13-6-5-12(8-14)15-9-13/h5-6,9-11,16H,2-4,7-8,14H2,1H3. The van der Waals surface area contributed by atoms with E-state index in [0.717, 1.165) is 12.8 Å². The Morgan fingerprint density at radius 2 is 2.21 bits per heavy atom. The maximum absolute atomic E-state index is 12.2. The summed E-state index contributed by atoms with van der Waals surface area (Å²) < 4.78 is 27.2. The van der Waals surface area contributed by atoms with Crippen LogP contribution in [0.25, 0.3) is 0 Å². The van der Waals surface area contributed by atoms with Gasteiger partial charge in [-0.1, -0.05) is 19.8 Å². The first kappa shape index (κ1) is 14.4. The van der Waals surface area contributed by atoms with Gasteiger partial charge in [0.2, 0.25) is 10.0 Å². The van der Waals surface area contributed by atoms with Crippen molar-refractivity contribution in [2.75, 3.05) is 0 Å². The second-order valence-corrected chi connectivity index (χ2v) is 6.81. The van der Waals surface area contributed by atoms with Crippen molar-refractivity contribution in [2.24, 2.45) is 11.7 Å². The van der Waals surface area contributed by atoms with Crippen LogP contribution in [0.3, 0.4) is 0 Å². The molecule has 1 aromatic heterocycles. The molecule has 1 fully saturated rings. The van der Waals surface area contributed by atoms with Crippen LogP contribution in [0.15, 0.2) is 23.2 Å². The van der Waals surface area contributed by atoms with E-state index < -0.39 is 10.0 Å². The Balaban J connectivity index is 2.06. The SMILES string of the molecule is CCC(CC1CC1)NS(=O)(=O)c1ccc(CN)nc1. The maximum Gasteiger partial charge on any atom is 0.242 e. The number of aromatic nitrogens is 1. The fraction of sp³-hybridized carbons (Fsp3) is 0.615. The summed E-state index contributed by atoms with van der Waals surface area (Å²) in [5.74, 6) is 0.699. The number of rotatable bonds is 7. The van der Waals surface area contributed by atoms with Gasteiger partial charge in [0.15, 0.2) is 0 Å². The van der Waals surface area contributed by atoms with Crippen LogP contribution >= 0.6 is 0 Å². The highest BCUT2D eigenvalue weighted by molar-refractivity contribution is 7.89. The molecule has 0 bridgehead atoms. The number of nitrogens with zero attached hydrogens (tertiary/aromatic N) is 1. The van der Waals surface area contributed by atoms with Gasteiger partial charge in [0.25, 0.3) is 0 Å². The maximum atomic E-state index is 12.2. The number of hydrogen-bond donors (Lipinski definition) is 2. The summed E-state index contributed by atoms with van der Waals surface area (Å²) in [5.41, 5.74) is 6.13. The summed E-state index contributed by atoms with van der Waals surface area (Å²) in [7, 11) is -3.47. The minimum absolute atomic E-state index is 0.0201. The van der Waals surface area contributed by atoms with Crippen molar-refractivity contribution in [1.82, 2.24) is 9.71 Å². The van der Waals surface area contributed by atoms with Crippen LogP contribution in [0.2, 0.25) is 0 Å². The zero-order chi connectivity index (χ0) is 13.9. The fourth-order valence-corrected chi connectivity index (χ4v) is 3.31. The largest absolute Gasteiger partial charge is 0.325 e. The lowest BCUT2D eigenvalue weighted by Crippen LogP contribution is -2.34. The van der Waals surface area contributed by atoms with Crippen LogP contribution < -0.4 is 10.5 Å².